The first-order chi connectivity index (χ1) is 7.11. The van der Waals surface area contributed by atoms with Gasteiger partial charge >= 0.3 is 5.97 Å². The second-order valence-corrected chi connectivity index (χ2v) is 4.11. The number of aryl methyl sites for hydroxylation is 1. The van der Waals surface area contributed by atoms with Gasteiger partial charge in [0.25, 0.3) is 0 Å². The van der Waals surface area contributed by atoms with Crippen LogP contribution in [-0.2, 0) is 4.74 Å². The zero-order valence-electron chi connectivity index (χ0n) is 8.50. The van der Waals surface area contributed by atoms with Gasteiger partial charge in [-0.1, -0.05) is 6.07 Å². The van der Waals surface area contributed by atoms with E-state index in [0.717, 1.165) is 9.13 Å². The molecule has 0 aliphatic carbocycles. The van der Waals surface area contributed by atoms with Gasteiger partial charge in [0.15, 0.2) is 0 Å². The summed E-state index contributed by atoms with van der Waals surface area (Å²) in [6, 6.07) is 5.67. The number of esters is 1. The summed E-state index contributed by atoms with van der Waals surface area (Å²) in [7, 11) is 0. The van der Waals surface area contributed by atoms with Gasteiger partial charge in [0, 0.05) is 3.57 Å². The molecule has 0 aromatic heterocycles. The maximum absolute atomic E-state index is 11.6. The van der Waals surface area contributed by atoms with E-state index in [2.05, 4.69) is 0 Å². The van der Waals surface area contributed by atoms with Gasteiger partial charge in [0.05, 0.1) is 17.7 Å². The Bertz CT molecular complexity index is 435. The molecule has 1 rings (SSSR count). The molecule has 0 saturated carbocycles. The molecule has 4 heteroatoms. The Balaban J connectivity index is 3.33. The van der Waals surface area contributed by atoms with Gasteiger partial charge in [-0.15, -0.1) is 0 Å². The molecule has 78 valence electrons. The van der Waals surface area contributed by atoms with Gasteiger partial charge in [0.2, 0.25) is 0 Å². The Morgan fingerprint density at radius 3 is 2.80 bits per heavy atom. The Hall–Kier alpha value is -1.09. The third-order valence-corrected chi connectivity index (χ3v) is 2.85. The van der Waals surface area contributed by atoms with E-state index in [1.807, 2.05) is 40.8 Å². The van der Waals surface area contributed by atoms with Gasteiger partial charge < -0.3 is 4.74 Å². The van der Waals surface area contributed by atoms with Crippen molar-refractivity contribution in [3.05, 3.63) is 32.4 Å². The van der Waals surface area contributed by atoms with Crippen LogP contribution in [0.25, 0.3) is 0 Å². The molecule has 1 aromatic carbocycles. The largest absolute Gasteiger partial charge is 0.462 e. The highest BCUT2D eigenvalue weighted by atomic mass is 127. The zero-order chi connectivity index (χ0) is 11.4. The van der Waals surface area contributed by atoms with Crippen LogP contribution in [0, 0.1) is 21.8 Å². The lowest BCUT2D eigenvalue weighted by Crippen LogP contribution is -2.10. The molecule has 0 fully saturated rings. The van der Waals surface area contributed by atoms with Crippen molar-refractivity contribution in [2.45, 2.75) is 13.8 Å². The van der Waals surface area contributed by atoms with E-state index in [1.165, 1.54) is 0 Å². The molecule has 0 radical (unpaired) electrons. The highest BCUT2D eigenvalue weighted by Crippen LogP contribution is 2.21. The topological polar surface area (TPSA) is 50.1 Å². The number of nitrogens with zero attached hydrogens (tertiary/aromatic N) is 1. The first kappa shape index (κ1) is 12.0. The summed E-state index contributed by atoms with van der Waals surface area (Å²) >= 11 is 2.03. The van der Waals surface area contributed by atoms with E-state index >= 15 is 0 Å². The van der Waals surface area contributed by atoms with Crippen molar-refractivity contribution >= 4 is 28.6 Å². The van der Waals surface area contributed by atoms with Crippen LogP contribution in [0.5, 0.6) is 0 Å². The number of carbonyl (C=O) groups excluding carboxylic acids is 1. The fourth-order valence-electron chi connectivity index (χ4n) is 1.23. The van der Waals surface area contributed by atoms with Crippen LogP contribution in [0.4, 0.5) is 0 Å². The first-order valence-electron chi connectivity index (χ1n) is 4.48. The highest BCUT2D eigenvalue weighted by molar-refractivity contribution is 14.1. The van der Waals surface area contributed by atoms with Crippen LogP contribution in [0.15, 0.2) is 12.1 Å². The van der Waals surface area contributed by atoms with Crippen molar-refractivity contribution in [3.8, 4) is 6.07 Å². The summed E-state index contributed by atoms with van der Waals surface area (Å²) in [6.07, 6.45) is 0. The molecule has 3 nitrogen and oxygen atoms in total. The van der Waals surface area contributed by atoms with Crippen molar-refractivity contribution in [1.29, 1.82) is 5.26 Å². The van der Waals surface area contributed by atoms with Crippen LogP contribution in [0.3, 0.4) is 0 Å². The fraction of sp³-hybridized carbons (Fsp3) is 0.273. The van der Waals surface area contributed by atoms with Gasteiger partial charge in [-0.25, -0.2) is 4.79 Å². The summed E-state index contributed by atoms with van der Waals surface area (Å²) in [5.74, 6) is -0.429. The molecular formula is C11H10INO2. The lowest BCUT2D eigenvalue weighted by Gasteiger charge is -2.08. The Kier molecular flexibility index (Phi) is 4.09. The van der Waals surface area contributed by atoms with E-state index in [9.17, 15) is 4.79 Å². The van der Waals surface area contributed by atoms with E-state index in [-0.39, 0.29) is 0 Å². The Morgan fingerprint density at radius 1 is 1.60 bits per heavy atom. The van der Waals surface area contributed by atoms with Gasteiger partial charge in [-0.05, 0) is 48.1 Å². The molecule has 15 heavy (non-hydrogen) atoms. The second kappa shape index (κ2) is 5.12. The minimum absolute atomic E-state index is 0.313. The van der Waals surface area contributed by atoms with Gasteiger partial charge in [-0.2, -0.15) is 5.26 Å². The van der Waals surface area contributed by atoms with Crippen LogP contribution < -0.4 is 0 Å². The van der Waals surface area contributed by atoms with Crippen LogP contribution in [0.1, 0.15) is 28.4 Å². The number of carbonyl (C=O) groups is 1. The number of hydrogen-bond donors (Lipinski definition) is 0. The summed E-state index contributed by atoms with van der Waals surface area (Å²) < 4.78 is 5.66. The number of benzene rings is 1. The number of halogens is 1. The standard InChI is InChI=1S/C11H10INO2/c1-3-15-11(14)10-8(6-13)7(2)4-5-9(10)12/h4-5H,3H2,1-2H3. The zero-order valence-corrected chi connectivity index (χ0v) is 10.7. The predicted octanol–water partition coefficient (Wildman–Crippen LogP) is 2.65. The van der Waals surface area contributed by atoms with E-state index in [4.69, 9.17) is 10.00 Å². The molecule has 0 bridgehead atoms. The van der Waals surface area contributed by atoms with Crippen molar-refractivity contribution < 1.29 is 9.53 Å². The lowest BCUT2D eigenvalue weighted by atomic mass is 10.0. The first-order valence-corrected chi connectivity index (χ1v) is 5.56. The second-order valence-electron chi connectivity index (χ2n) is 2.95. The van der Waals surface area contributed by atoms with Gasteiger partial charge in [-0.3, -0.25) is 0 Å². The SMILES string of the molecule is CCOC(=O)c1c(I)ccc(C)c1C#N. The third kappa shape index (κ3) is 2.48. The lowest BCUT2D eigenvalue weighted by molar-refractivity contribution is 0.0524. The average Bonchev–Trinajstić information content (AvgIpc) is 2.21. The van der Waals surface area contributed by atoms with Gasteiger partial charge in [0.1, 0.15) is 6.07 Å². The summed E-state index contributed by atoms with van der Waals surface area (Å²) in [6.45, 7) is 3.86. The predicted molar refractivity (Wildman–Crippen MR) is 64.6 cm³/mol. The smallest absolute Gasteiger partial charge is 0.340 e. The molecule has 0 aliphatic rings. The molecule has 0 atom stereocenters. The molecule has 1 aromatic rings. The van der Waals surface area contributed by atoms with Crippen molar-refractivity contribution in [2.24, 2.45) is 0 Å². The summed E-state index contributed by atoms with van der Waals surface area (Å²) in [5.41, 5.74) is 1.57. The molecule has 0 spiro atoms. The molecule has 0 heterocycles. The molecular weight excluding hydrogens is 305 g/mol. The van der Waals surface area contributed by atoms with Crippen LogP contribution in [-0.4, -0.2) is 12.6 Å². The van der Waals surface area contributed by atoms with Crippen LogP contribution >= 0.6 is 22.6 Å². The summed E-state index contributed by atoms with van der Waals surface area (Å²) in [4.78, 5) is 11.6. The van der Waals surface area contributed by atoms with E-state index < -0.39 is 5.97 Å². The van der Waals surface area contributed by atoms with E-state index in [1.54, 1.807) is 13.8 Å². The monoisotopic (exact) mass is 315 g/mol. The highest BCUT2D eigenvalue weighted by Gasteiger charge is 2.17. The third-order valence-electron chi connectivity index (χ3n) is 1.95. The summed E-state index contributed by atoms with van der Waals surface area (Å²) in [5, 5.41) is 8.98. The number of nitriles is 1. The average molecular weight is 315 g/mol. The van der Waals surface area contributed by atoms with Crippen LogP contribution in [0.2, 0.25) is 0 Å². The quantitative estimate of drug-likeness (QED) is 0.623. The van der Waals surface area contributed by atoms with Crippen molar-refractivity contribution in [3.63, 3.8) is 0 Å². The maximum atomic E-state index is 11.6. The van der Waals surface area contributed by atoms with E-state index in [0.29, 0.717) is 17.7 Å². The molecule has 0 aliphatic heterocycles. The minimum Gasteiger partial charge on any atom is -0.462 e. The minimum atomic E-state index is -0.429. The Morgan fingerprint density at radius 2 is 2.27 bits per heavy atom. The Labute approximate surface area is 102 Å². The fourth-order valence-corrected chi connectivity index (χ4v) is 1.90. The molecule has 0 N–H and O–H groups in total. The molecule has 0 amide bonds. The van der Waals surface area contributed by atoms with Crippen molar-refractivity contribution in [1.82, 2.24) is 0 Å². The van der Waals surface area contributed by atoms with Crippen molar-refractivity contribution in [2.75, 3.05) is 6.61 Å². The normalized spacial score (nSPS) is 9.47. The number of ether oxygens (including phenoxy) is 1. The molecule has 0 unspecified atom stereocenters. The number of hydrogen-bond acceptors (Lipinski definition) is 3. The molecule has 0 saturated heterocycles. The number of rotatable bonds is 2. The maximum Gasteiger partial charge on any atom is 0.340 e.